The van der Waals surface area contributed by atoms with Crippen molar-refractivity contribution in [3.63, 3.8) is 0 Å². The average molecular weight is 362 g/mol. The SMILES string of the molecule is C(=C(/c1ccccc1)[Si](c1ccccc1)c1ccccc1)/c1ccccc1. The lowest BCUT2D eigenvalue weighted by atomic mass is 10.1. The van der Waals surface area contributed by atoms with E-state index in [0.29, 0.717) is 0 Å². The lowest BCUT2D eigenvalue weighted by molar-refractivity contribution is 1.63. The highest BCUT2D eigenvalue weighted by atomic mass is 28.3. The molecule has 0 unspecified atom stereocenters. The number of rotatable bonds is 5. The summed E-state index contributed by atoms with van der Waals surface area (Å²) < 4.78 is 0. The zero-order valence-corrected chi connectivity index (χ0v) is 16.1. The molecule has 0 bridgehead atoms. The van der Waals surface area contributed by atoms with Gasteiger partial charge in [-0.2, -0.15) is 0 Å². The van der Waals surface area contributed by atoms with E-state index in [1.807, 2.05) is 0 Å². The van der Waals surface area contributed by atoms with E-state index in [4.69, 9.17) is 0 Å². The van der Waals surface area contributed by atoms with Crippen LogP contribution in [0.2, 0.25) is 0 Å². The van der Waals surface area contributed by atoms with Crippen molar-refractivity contribution in [3.8, 4) is 0 Å². The van der Waals surface area contributed by atoms with Crippen molar-refractivity contribution in [2.24, 2.45) is 0 Å². The number of hydrogen-bond acceptors (Lipinski definition) is 0. The second-order valence-electron chi connectivity index (χ2n) is 6.44. The van der Waals surface area contributed by atoms with Gasteiger partial charge in [0.1, 0.15) is 0 Å². The topological polar surface area (TPSA) is 0 Å². The fourth-order valence-corrected chi connectivity index (χ4v) is 6.09. The fourth-order valence-electron chi connectivity index (χ4n) is 3.32. The molecule has 0 nitrogen and oxygen atoms in total. The number of benzene rings is 4. The average Bonchev–Trinajstić information content (AvgIpc) is 2.76. The first kappa shape index (κ1) is 17.3. The Labute approximate surface area is 163 Å². The Hall–Kier alpha value is -3.16. The van der Waals surface area contributed by atoms with Crippen LogP contribution in [0.4, 0.5) is 0 Å². The summed E-state index contributed by atoms with van der Waals surface area (Å²) in [7, 11) is -1.13. The Morgan fingerprint density at radius 3 is 1.37 bits per heavy atom. The third kappa shape index (κ3) is 4.16. The maximum atomic E-state index is 2.36. The van der Waals surface area contributed by atoms with Gasteiger partial charge in [-0.3, -0.25) is 0 Å². The Balaban J connectivity index is 1.93. The van der Waals surface area contributed by atoms with E-state index in [2.05, 4.69) is 127 Å². The molecule has 0 N–H and O–H groups in total. The predicted octanol–water partition coefficient (Wildman–Crippen LogP) is 5.08. The monoisotopic (exact) mass is 361 g/mol. The van der Waals surface area contributed by atoms with E-state index < -0.39 is 8.80 Å². The molecule has 4 rings (SSSR count). The van der Waals surface area contributed by atoms with Gasteiger partial charge < -0.3 is 0 Å². The van der Waals surface area contributed by atoms with E-state index in [0.717, 1.165) is 0 Å². The zero-order valence-electron chi connectivity index (χ0n) is 15.1. The molecule has 0 saturated carbocycles. The van der Waals surface area contributed by atoms with Gasteiger partial charge in [0.25, 0.3) is 0 Å². The van der Waals surface area contributed by atoms with Gasteiger partial charge in [-0.15, -0.1) is 0 Å². The molecule has 0 heterocycles. The Morgan fingerprint density at radius 2 is 0.889 bits per heavy atom. The summed E-state index contributed by atoms with van der Waals surface area (Å²) in [4.78, 5) is 0. The van der Waals surface area contributed by atoms with Crippen molar-refractivity contribution in [2.45, 2.75) is 0 Å². The molecular formula is C26H21Si. The van der Waals surface area contributed by atoms with Crippen LogP contribution in [0.3, 0.4) is 0 Å². The molecule has 1 heteroatoms. The van der Waals surface area contributed by atoms with Crippen molar-refractivity contribution in [1.29, 1.82) is 0 Å². The highest BCUT2D eigenvalue weighted by Crippen LogP contribution is 2.21. The summed E-state index contributed by atoms with van der Waals surface area (Å²) in [6.07, 6.45) is 2.36. The van der Waals surface area contributed by atoms with E-state index in [-0.39, 0.29) is 0 Å². The minimum absolute atomic E-state index is 1.13. The maximum absolute atomic E-state index is 2.36. The van der Waals surface area contributed by atoms with Gasteiger partial charge in [0.2, 0.25) is 0 Å². The molecule has 0 saturated heterocycles. The first-order valence-corrected chi connectivity index (χ1v) is 10.7. The van der Waals surface area contributed by atoms with E-state index in [1.54, 1.807) is 0 Å². The molecule has 4 aromatic rings. The standard InChI is InChI=1S/C26H21Si/c1-5-13-22(14-6-1)21-26(23-15-7-2-8-16-23)27(24-17-9-3-10-18-24)25-19-11-4-12-20-25/h1-21H/b26-21+. The van der Waals surface area contributed by atoms with Crippen molar-refractivity contribution in [2.75, 3.05) is 0 Å². The summed E-state index contributed by atoms with van der Waals surface area (Å²) >= 11 is 0. The van der Waals surface area contributed by atoms with E-state index >= 15 is 0 Å². The third-order valence-corrected chi connectivity index (χ3v) is 7.38. The van der Waals surface area contributed by atoms with Gasteiger partial charge in [0, 0.05) is 0 Å². The van der Waals surface area contributed by atoms with Crippen molar-refractivity contribution in [3.05, 3.63) is 132 Å². The molecule has 0 amide bonds. The molecular weight excluding hydrogens is 340 g/mol. The zero-order chi connectivity index (χ0) is 18.3. The Morgan fingerprint density at radius 1 is 0.481 bits per heavy atom. The first-order chi connectivity index (χ1) is 13.4. The molecule has 27 heavy (non-hydrogen) atoms. The highest BCUT2D eigenvalue weighted by molar-refractivity contribution is 7.00. The molecule has 0 aliphatic carbocycles. The fraction of sp³-hybridized carbons (Fsp3) is 0. The maximum Gasteiger partial charge on any atom is 0.155 e. The molecule has 0 atom stereocenters. The van der Waals surface area contributed by atoms with Crippen LogP contribution in [0.5, 0.6) is 0 Å². The van der Waals surface area contributed by atoms with Gasteiger partial charge in [0.15, 0.2) is 8.80 Å². The summed E-state index contributed by atoms with van der Waals surface area (Å²) in [5.41, 5.74) is 2.54. The van der Waals surface area contributed by atoms with Crippen LogP contribution in [-0.4, -0.2) is 8.80 Å². The van der Waals surface area contributed by atoms with Crippen molar-refractivity contribution < 1.29 is 0 Å². The molecule has 0 aliphatic rings. The normalized spacial score (nSPS) is 11.5. The van der Waals surface area contributed by atoms with Crippen LogP contribution < -0.4 is 10.4 Å². The third-order valence-electron chi connectivity index (χ3n) is 4.59. The van der Waals surface area contributed by atoms with Gasteiger partial charge >= 0.3 is 0 Å². The lowest BCUT2D eigenvalue weighted by Crippen LogP contribution is -2.43. The summed E-state index contributed by atoms with van der Waals surface area (Å²) in [6, 6.07) is 43.3. The smallest absolute Gasteiger partial charge is 0.0624 e. The van der Waals surface area contributed by atoms with Crippen molar-refractivity contribution >= 4 is 30.4 Å². The number of hydrogen-bond donors (Lipinski definition) is 0. The lowest BCUT2D eigenvalue weighted by Gasteiger charge is -2.21. The minimum Gasteiger partial charge on any atom is -0.0624 e. The molecule has 129 valence electrons. The van der Waals surface area contributed by atoms with E-state index in [9.17, 15) is 0 Å². The van der Waals surface area contributed by atoms with Crippen LogP contribution in [0.1, 0.15) is 11.1 Å². The minimum atomic E-state index is -1.13. The van der Waals surface area contributed by atoms with Gasteiger partial charge in [-0.1, -0.05) is 138 Å². The van der Waals surface area contributed by atoms with Crippen LogP contribution in [0.15, 0.2) is 121 Å². The quantitative estimate of drug-likeness (QED) is 0.344. The summed E-state index contributed by atoms with van der Waals surface area (Å²) in [5, 5.41) is 4.21. The molecule has 0 fully saturated rings. The van der Waals surface area contributed by atoms with Crippen LogP contribution in [-0.2, 0) is 0 Å². The van der Waals surface area contributed by atoms with Crippen LogP contribution in [0.25, 0.3) is 11.3 Å². The Kier molecular flexibility index (Phi) is 5.42. The second-order valence-corrected chi connectivity index (χ2v) is 8.89. The Bertz CT molecular complexity index is 952. The molecule has 0 aliphatic heterocycles. The van der Waals surface area contributed by atoms with Crippen LogP contribution >= 0.6 is 0 Å². The first-order valence-electron chi connectivity index (χ1n) is 9.22. The molecule has 4 aromatic carbocycles. The molecule has 1 radical (unpaired) electrons. The predicted molar refractivity (Wildman–Crippen MR) is 119 cm³/mol. The second kappa shape index (κ2) is 8.48. The summed E-state index contributed by atoms with van der Waals surface area (Å²) in [6.45, 7) is 0. The molecule has 0 spiro atoms. The van der Waals surface area contributed by atoms with Crippen molar-refractivity contribution in [1.82, 2.24) is 0 Å². The van der Waals surface area contributed by atoms with Gasteiger partial charge in [-0.05, 0) is 16.3 Å². The largest absolute Gasteiger partial charge is 0.155 e. The van der Waals surface area contributed by atoms with Gasteiger partial charge in [-0.25, -0.2) is 0 Å². The highest BCUT2D eigenvalue weighted by Gasteiger charge is 2.23. The van der Waals surface area contributed by atoms with Gasteiger partial charge in [0.05, 0.1) is 0 Å². The van der Waals surface area contributed by atoms with E-state index in [1.165, 1.54) is 26.7 Å². The van der Waals surface area contributed by atoms with Crippen LogP contribution in [0, 0.1) is 0 Å². The molecule has 0 aromatic heterocycles. The summed E-state index contributed by atoms with van der Waals surface area (Å²) in [5.74, 6) is 0.